The number of carbonyl (C=O) groups is 1. The van der Waals surface area contributed by atoms with Gasteiger partial charge in [-0.1, -0.05) is 17.7 Å². The molecule has 0 aliphatic carbocycles. The van der Waals surface area contributed by atoms with E-state index in [4.69, 9.17) is 8.92 Å². The molecule has 7 nitrogen and oxygen atoms in total. The molecule has 0 bridgehead atoms. The summed E-state index contributed by atoms with van der Waals surface area (Å²) < 4.78 is 34.3. The predicted molar refractivity (Wildman–Crippen MR) is 91.7 cm³/mol. The number of hydrogen-bond donors (Lipinski definition) is 1. The van der Waals surface area contributed by atoms with Gasteiger partial charge in [0, 0.05) is 6.42 Å². The van der Waals surface area contributed by atoms with Crippen LogP contribution in [0.25, 0.3) is 0 Å². The van der Waals surface area contributed by atoms with Crippen molar-refractivity contribution in [3.05, 3.63) is 29.8 Å². The van der Waals surface area contributed by atoms with Crippen LogP contribution in [0.2, 0.25) is 0 Å². The number of amides is 1. The van der Waals surface area contributed by atoms with Crippen LogP contribution in [-0.4, -0.2) is 55.4 Å². The number of likely N-dealkylation sites (tertiary alicyclic amines) is 1. The van der Waals surface area contributed by atoms with E-state index in [1.807, 2.05) is 6.92 Å². The van der Waals surface area contributed by atoms with Gasteiger partial charge in [-0.25, -0.2) is 4.79 Å². The average Bonchev–Trinajstić information content (AvgIpc) is 2.43. The maximum absolute atomic E-state index is 12.1. The van der Waals surface area contributed by atoms with Crippen LogP contribution in [0.3, 0.4) is 0 Å². The van der Waals surface area contributed by atoms with E-state index in [1.54, 1.807) is 32.9 Å². The van der Waals surface area contributed by atoms with Crippen molar-refractivity contribution in [1.82, 2.24) is 4.90 Å². The Morgan fingerprint density at radius 3 is 2.32 bits per heavy atom. The molecule has 1 saturated heterocycles. The third-order valence-electron chi connectivity index (χ3n) is 3.74. The minimum atomic E-state index is -3.85. The van der Waals surface area contributed by atoms with Gasteiger partial charge in [0.15, 0.2) is 0 Å². The highest BCUT2D eigenvalue weighted by atomic mass is 32.2. The third kappa shape index (κ3) is 5.42. The first kappa shape index (κ1) is 19.7. The van der Waals surface area contributed by atoms with Crippen LogP contribution in [0.5, 0.6) is 0 Å². The number of aliphatic hydroxyl groups is 1. The van der Waals surface area contributed by atoms with E-state index in [9.17, 15) is 18.3 Å². The molecule has 1 N–H and O–H groups in total. The summed E-state index contributed by atoms with van der Waals surface area (Å²) in [5.74, 6) is 0. The average molecular weight is 371 g/mol. The van der Waals surface area contributed by atoms with Crippen LogP contribution >= 0.6 is 0 Å². The number of carbonyl (C=O) groups excluding carboxylic acids is 1. The molecule has 1 aliphatic rings. The number of ether oxygens (including phenoxy) is 1. The fourth-order valence-electron chi connectivity index (χ4n) is 2.39. The van der Waals surface area contributed by atoms with Crippen molar-refractivity contribution in [3.8, 4) is 0 Å². The Morgan fingerprint density at radius 2 is 1.80 bits per heavy atom. The summed E-state index contributed by atoms with van der Waals surface area (Å²) in [7, 11) is -3.85. The van der Waals surface area contributed by atoms with Gasteiger partial charge in [0.1, 0.15) is 11.2 Å². The summed E-state index contributed by atoms with van der Waals surface area (Å²) in [5.41, 5.74) is -0.805. The molecule has 0 aromatic heterocycles. The summed E-state index contributed by atoms with van der Waals surface area (Å²) in [6.07, 6.45) is -0.387. The first-order valence-corrected chi connectivity index (χ1v) is 9.48. The lowest BCUT2D eigenvalue weighted by Crippen LogP contribution is -2.64. The number of hydrogen-bond acceptors (Lipinski definition) is 6. The Labute approximate surface area is 148 Å². The van der Waals surface area contributed by atoms with Crippen molar-refractivity contribution in [2.24, 2.45) is 0 Å². The van der Waals surface area contributed by atoms with Gasteiger partial charge in [0.25, 0.3) is 10.1 Å². The van der Waals surface area contributed by atoms with Crippen molar-refractivity contribution >= 4 is 16.2 Å². The zero-order chi connectivity index (χ0) is 18.9. The van der Waals surface area contributed by atoms with E-state index in [1.165, 1.54) is 17.0 Å². The molecule has 140 valence electrons. The third-order valence-corrected chi connectivity index (χ3v) is 5.06. The number of rotatable bonds is 5. The lowest BCUT2D eigenvalue weighted by Gasteiger charge is -2.46. The summed E-state index contributed by atoms with van der Waals surface area (Å²) in [6.45, 7) is 7.18. The van der Waals surface area contributed by atoms with Gasteiger partial charge < -0.3 is 14.7 Å². The minimum absolute atomic E-state index is 0.0779. The van der Waals surface area contributed by atoms with Crippen LogP contribution in [0.1, 0.15) is 32.8 Å². The molecule has 1 aliphatic heterocycles. The Bertz CT molecular complexity index is 715. The molecule has 0 atom stereocenters. The van der Waals surface area contributed by atoms with Crippen LogP contribution in [0, 0.1) is 6.92 Å². The van der Waals surface area contributed by atoms with Gasteiger partial charge in [-0.2, -0.15) is 8.42 Å². The lowest BCUT2D eigenvalue weighted by molar-refractivity contribution is -0.106. The van der Waals surface area contributed by atoms with Crippen LogP contribution in [0.15, 0.2) is 29.2 Å². The second-order valence-electron chi connectivity index (χ2n) is 7.40. The van der Waals surface area contributed by atoms with Crippen LogP contribution in [0.4, 0.5) is 4.79 Å². The lowest BCUT2D eigenvalue weighted by atomic mass is 9.91. The van der Waals surface area contributed by atoms with Gasteiger partial charge in [-0.15, -0.1) is 0 Å². The topological polar surface area (TPSA) is 93.1 Å². The standard InChI is InChI=1S/C17H25NO6S/c1-13-5-7-14(8-6-13)25(21,22)23-10-9-17(20)11-18(12-17)15(19)24-16(2,3)4/h5-8,20H,9-12H2,1-4H3. The van der Waals surface area contributed by atoms with Crippen molar-refractivity contribution in [3.63, 3.8) is 0 Å². The fourth-order valence-corrected chi connectivity index (χ4v) is 3.30. The van der Waals surface area contributed by atoms with Crippen LogP contribution in [-0.2, 0) is 19.0 Å². The molecule has 1 aromatic rings. The van der Waals surface area contributed by atoms with E-state index in [-0.39, 0.29) is 31.0 Å². The number of benzene rings is 1. The predicted octanol–water partition coefficient (Wildman–Crippen LogP) is 2.07. The molecule has 0 spiro atoms. The zero-order valence-corrected chi connectivity index (χ0v) is 15.8. The molecular formula is C17H25NO6S. The van der Waals surface area contributed by atoms with E-state index < -0.39 is 27.4 Å². The fraction of sp³-hybridized carbons (Fsp3) is 0.588. The summed E-state index contributed by atoms with van der Waals surface area (Å²) in [4.78, 5) is 13.3. The maximum atomic E-state index is 12.1. The largest absolute Gasteiger partial charge is 0.444 e. The number of β-amino-alcohol motifs (C(OH)–C–C–N with tert-alkyl or cyclic N) is 1. The zero-order valence-electron chi connectivity index (χ0n) is 15.0. The first-order chi connectivity index (χ1) is 11.4. The van der Waals surface area contributed by atoms with E-state index in [2.05, 4.69) is 0 Å². The SMILES string of the molecule is Cc1ccc(S(=O)(=O)OCCC2(O)CN(C(=O)OC(C)(C)C)C2)cc1. The van der Waals surface area contributed by atoms with Gasteiger partial charge in [0.2, 0.25) is 0 Å². The molecule has 8 heteroatoms. The van der Waals surface area contributed by atoms with Crippen molar-refractivity contribution in [1.29, 1.82) is 0 Å². The monoisotopic (exact) mass is 371 g/mol. The highest BCUT2D eigenvalue weighted by molar-refractivity contribution is 7.86. The van der Waals surface area contributed by atoms with Gasteiger partial charge >= 0.3 is 6.09 Å². The van der Waals surface area contributed by atoms with Gasteiger partial charge in [-0.05, 0) is 39.8 Å². The Hall–Kier alpha value is -1.64. The first-order valence-electron chi connectivity index (χ1n) is 8.07. The molecule has 0 radical (unpaired) electrons. The molecule has 2 rings (SSSR count). The van der Waals surface area contributed by atoms with E-state index >= 15 is 0 Å². The van der Waals surface area contributed by atoms with Gasteiger partial charge in [-0.3, -0.25) is 4.18 Å². The number of nitrogens with zero attached hydrogens (tertiary/aromatic N) is 1. The normalized spacial score (nSPS) is 17.1. The molecular weight excluding hydrogens is 346 g/mol. The summed E-state index contributed by atoms with van der Waals surface area (Å²) >= 11 is 0. The smallest absolute Gasteiger partial charge is 0.410 e. The second kappa shape index (κ2) is 6.93. The van der Waals surface area contributed by atoms with Crippen molar-refractivity contribution < 1.29 is 27.2 Å². The molecule has 1 fully saturated rings. The Balaban J connectivity index is 1.81. The maximum Gasteiger partial charge on any atom is 0.410 e. The van der Waals surface area contributed by atoms with Crippen LogP contribution < -0.4 is 0 Å². The van der Waals surface area contributed by atoms with E-state index in [0.717, 1.165) is 5.56 Å². The molecule has 1 amide bonds. The molecule has 25 heavy (non-hydrogen) atoms. The molecule has 0 unspecified atom stereocenters. The van der Waals surface area contributed by atoms with Crippen molar-refractivity contribution in [2.75, 3.05) is 19.7 Å². The minimum Gasteiger partial charge on any atom is -0.444 e. The van der Waals surface area contributed by atoms with Gasteiger partial charge in [0.05, 0.1) is 24.6 Å². The Kier molecular flexibility index (Phi) is 5.46. The molecule has 1 aromatic carbocycles. The second-order valence-corrected chi connectivity index (χ2v) is 9.02. The highest BCUT2D eigenvalue weighted by Gasteiger charge is 2.45. The van der Waals surface area contributed by atoms with Crippen molar-refractivity contribution in [2.45, 2.75) is 50.2 Å². The number of aryl methyl sites for hydroxylation is 1. The quantitative estimate of drug-likeness (QED) is 0.797. The Morgan fingerprint density at radius 1 is 1.24 bits per heavy atom. The summed E-state index contributed by atoms with van der Waals surface area (Å²) in [6, 6.07) is 6.34. The molecule has 0 saturated carbocycles. The van der Waals surface area contributed by atoms with E-state index in [0.29, 0.717) is 0 Å². The molecule has 1 heterocycles. The summed E-state index contributed by atoms with van der Waals surface area (Å²) in [5, 5.41) is 10.3. The highest BCUT2D eigenvalue weighted by Crippen LogP contribution is 2.27.